The van der Waals surface area contributed by atoms with Gasteiger partial charge in [0.15, 0.2) is 0 Å². The van der Waals surface area contributed by atoms with Gasteiger partial charge in [-0.25, -0.2) is 8.78 Å². The first-order valence-corrected chi connectivity index (χ1v) is 7.22. The van der Waals surface area contributed by atoms with E-state index in [-0.39, 0.29) is 17.0 Å². The van der Waals surface area contributed by atoms with Crippen molar-refractivity contribution >= 4 is 16.8 Å². The van der Waals surface area contributed by atoms with Crippen molar-refractivity contribution in [1.29, 1.82) is 0 Å². The van der Waals surface area contributed by atoms with Crippen LogP contribution in [0.2, 0.25) is 0 Å². The zero-order valence-electron chi connectivity index (χ0n) is 12.1. The minimum absolute atomic E-state index is 0.00731. The number of amides is 1. The molecule has 4 nitrogen and oxygen atoms in total. The van der Waals surface area contributed by atoms with Crippen LogP contribution in [0.5, 0.6) is 0 Å². The second-order valence-electron chi connectivity index (χ2n) is 5.59. The third-order valence-corrected chi connectivity index (χ3v) is 4.30. The first-order valence-electron chi connectivity index (χ1n) is 7.22. The SMILES string of the molecule is CNC(=O)c1cc2cc(C(F)F)c(C3CCC3)cc2[nH]c1=O. The molecule has 0 atom stereocenters. The normalized spacial score (nSPS) is 15.1. The number of carbonyl (C=O) groups is 1. The van der Waals surface area contributed by atoms with Crippen molar-refractivity contribution in [2.24, 2.45) is 0 Å². The second kappa shape index (κ2) is 5.51. The lowest BCUT2D eigenvalue weighted by Gasteiger charge is -2.28. The van der Waals surface area contributed by atoms with Gasteiger partial charge in [0.1, 0.15) is 5.56 Å². The van der Waals surface area contributed by atoms with E-state index in [4.69, 9.17) is 0 Å². The summed E-state index contributed by atoms with van der Waals surface area (Å²) in [4.78, 5) is 26.2. The topological polar surface area (TPSA) is 62.0 Å². The lowest BCUT2D eigenvalue weighted by Crippen LogP contribution is -2.26. The van der Waals surface area contributed by atoms with E-state index in [9.17, 15) is 18.4 Å². The van der Waals surface area contributed by atoms with Crippen molar-refractivity contribution in [2.45, 2.75) is 31.6 Å². The molecule has 1 amide bonds. The quantitative estimate of drug-likeness (QED) is 0.915. The van der Waals surface area contributed by atoms with Crippen LogP contribution >= 0.6 is 0 Å². The molecule has 1 heterocycles. The minimum Gasteiger partial charge on any atom is -0.355 e. The molecular weight excluding hydrogens is 290 g/mol. The van der Waals surface area contributed by atoms with Gasteiger partial charge in [-0.1, -0.05) is 6.42 Å². The number of hydrogen-bond acceptors (Lipinski definition) is 2. The van der Waals surface area contributed by atoms with Gasteiger partial charge in [-0.05, 0) is 47.9 Å². The summed E-state index contributed by atoms with van der Waals surface area (Å²) in [6.45, 7) is 0. The van der Waals surface area contributed by atoms with Crippen molar-refractivity contribution in [3.05, 3.63) is 45.2 Å². The highest BCUT2D eigenvalue weighted by molar-refractivity contribution is 5.97. The predicted octanol–water partition coefficient (Wildman–Crippen LogP) is 3.09. The van der Waals surface area contributed by atoms with Gasteiger partial charge in [-0.2, -0.15) is 0 Å². The van der Waals surface area contributed by atoms with Gasteiger partial charge in [-0.3, -0.25) is 9.59 Å². The number of H-pyrrole nitrogens is 1. The summed E-state index contributed by atoms with van der Waals surface area (Å²) in [5.41, 5.74) is 0.496. The Morgan fingerprint density at radius 2 is 2.05 bits per heavy atom. The van der Waals surface area contributed by atoms with E-state index in [0.29, 0.717) is 16.5 Å². The lowest BCUT2D eigenvalue weighted by molar-refractivity contribution is 0.0961. The molecule has 1 aliphatic rings. The molecule has 2 aromatic rings. The molecule has 0 radical (unpaired) electrons. The number of aromatic nitrogens is 1. The highest BCUT2D eigenvalue weighted by Gasteiger charge is 2.26. The summed E-state index contributed by atoms with van der Waals surface area (Å²) in [6, 6.07) is 4.38. The minimum atomic E-state index is -2.57. The molecule has 0 aliphatic heterocycles. The fourth-order valence-electron chi connectivity index (χ4n) is 2.85. The fraction of sp³-hybridized carbons (Fsp3) is 0.375. The molecule has 1 aromatic heterocycles. The maximum Gasteiger partial charge on any atom is 0.264 e. The molecule has 3 rings (SSSR count). The Hall–Kier alpha value is -2.24. The van der Waals surface area contributed by atoms with Crippen LogP contribution in [-0.4, -0.2) is 17.9 Å². The summed E-state index contributed by atoms with van der Waals surface area (Å²) >= 11 is 0. The number of hydrogen-bond donors (Lipinski definition) is 2. The van der Waals surface area contributed by atoms with E-state index < -0.39 is 17.9 Å². The Morgan fingerprint density at radius 1 is 1.32 bits per heavy atom. The lowest BCUT2D eigenvalue weighted by atomic mass is 9.78. The molecule has 1 aliphatic carbocycles. The van der Waals surface area contributed by atoms with Gasteiger partial charge in [0.25, 0.3) is 17.9 Å². The molecular formula is C16H16F2N2O2. The van der Waals surface area contributed by atoms with Crippen molar-refractivity contribution in [2.75, 3.05) is 7.05 Å². The highest BCUT2D eigenvalue weighted by Crippen LogP contribution is 2.41. The van der Waals surface area contributed by atoms with Gasteiger partial charge >= 0.3 is 0 Å². The van der Waals surface area contributed by atoms with E-state index in [0.717, 1.165) is 19.3 Å². The molecule has 116 valence electrons. The smallest absolute Gasteiger partial charge is 0.264 e. The van der Waals surface area contributed by atoms with Crippen LogP contribution in [0.3, 0.4) is 0 Å². The summed E-state index contributed by atoms with van der Waals surface area (Å²) in [5, 5.41) is 2.81. The maximum atomic E-state index is 13.3. The standard InChI is InChI=1S/C16H16F2N2O2/c1-19-15(21)12-6-9-5-11(14(17)18)10(8-3-2-4-8)7-13(9)20-16(12)22/h5-8,14H,2-4H2,1H3,(H,19,21)(H,20,22). The predicted molar refractivity (Wildman–Crippen MR) is 79.5 cm³/mol. The van der Waals surface area contributed by atoms with Crippen LogP contribution in [0.4, 0.5) is 8.78 Å². The number of halogens is 2. The summed E-state index contributed by atoms with van der Waals surface area (Å²) < 4.78 is 26.7. The molecule has 6 heteroatoms. The monoisotopic (exact) mass is 306 g/mol. The number of carbonyl (C=O) groups excluding carboxylic acids is 1. The van der Waals surface area contributed by atoms with E-state index in [2.05, 4.69) is 10.3 Å². The van der Waals surface area contributed by atoms with Crippen molar-refractivity contribution in [1.82, 2.24) is 10.3 Å². The van der Waals surface area contributed by atoms with E-state index in [1.54, 1.807) is 6.07 Å². The average Bonchev–Trinajstić information content (AvgIpc) is 2.43. The average molecular weight is 306 g/mol. The maximum absolute atomic E-state index is 13.3. The summed E-state index contributed by atoms with van der Waals surface area (Å²) in [7, 11) is 1.41. The number of fused-ring (bicyclic) bond motifs is 1. The Bertz CT molecular complexity index is 795. The Balaban J connectivity index is 2.21. The number of alkyl halides is 2. The number of benzene rings is 1. The largest absolute Gasteiger partial charge is 0.355 e. The molecule has 0 bridgehead atoms. The van der Waals surface area contributed by atoms with Crippen LogP contribution in [0.15, 0.2) is 23.0 Å². The number of rotatable bonds is 3. The van der Waals surface area contributed by atoms with Crippen LogP contribution in [0.25, 0.3) is 10.9 Å². The molecule has 22 heavy (non-hydrogen) atoms. The molecule has 1 saturated carbocycles. The van der Waals surface area contributed by atoms with Gasteiger partial charge in [0, 0.05) is 18.1 Å². The second-order valence-corrected chi connectivity index (χ2v) is 5.59. The van der Waals surface area contributed by atoms with Crippen LogP contribution in [-0.2, 0) is 0 Å². The number of pyridine rings is 1. The Kier molecular flexibility index (Phi) is 3.68. The highest BCUT2D eigenvalue weighted by atomic mass is 19.3. The first-order chi connectivity index (χ1) is 10.5. The third-order valence-electron chi connectivity index (χ3n) is 4.30. The van der Waals surface area contributed by atoms with Crippen LogP contribution in [0, 0.1) is 0 Å². The molecule has 0 spiro atoms. The Morgan fingerprint density at radius 3 is 2.59 bits per heavy atom. The van der Waals surface area contributed by atoms with Crippen LogP contribution in [0.1, 0.15) is 53.1 Å². The third kappa shape index (κ3) is 2.38. The zero-order chi connectivity index (χ0) is 15.9. The van der Waals surface area contributed by atoms with Gasteiger partial charge in [0.05, 0.1) is 0 Å². The zero-order valence-corrected chi connectivity index (χ0v) is 12.1. The Labute approximate surface area is 125 Å². The number of aromatic amines is 1. The summed E-state index contributed by atoms with van der Waals surface area (Å²) in [6.07, 6.45) is 0.255. The molecule has 0 unspecified atom stereocenters. The molecule has 1 aromatic carbocycles. The van der Waals surface area contributed by atoms with E-state index in [1.165, 1.54) is 19.2 Å². The van der Waals surface area contributed by atoms with Crippen molar-refractivity contribution in [3.63, 3.8) is 0 Å². The number of nitrogens with one attached hydrogen (secondary N) is 2. The molecule has 2 N–H and O–H groups in total. The fourth-order valence-corrected chi connectivity index (χ4v) is 2.85. The molecule has 1 fully saturated rings. The van der Waals surface area contributed by atoms with Crippen molar-refractivity contribution < 1.29 is 13.6 Å². The van der Waals surface area contributed by atoms with Gasteiger partial charge in [-0.15, -0.1) is 0 Å². The summed E-state index contributed by atoms with van der Waals surface area (Å²) in [5.74, 6) is -0.402. The van der Waals surface area contributed by atoms with Gasteiger partial charge in [0.2, 0.25) is 0 Å². The van der Waals surface area contributed by atoms with Crippen LogP contribution < -0.4 is 10.9 Å². The van der Waals surface area contributed by atoms with Crippen molar-refractivity contribution in [3.8, 4) is 0 Å². The van der Waals surface area contributed by atoms with E-state index in [1.807, 2.05) is 0 Å². The molecule has 0 saturated heterocycles. The van der Waals surface area contributed by atoms with Gasteiger partial charge < -0.3 is 10.3 Å². The first kappa shape index (κ1) is 14.7. The van der Waals surface area contributed by atoms with E-state index >= 15 is 0 Å².